The first-order valence-electron chi connectivity index (χ1n) is 5.03. The topological polar surface area (TPSA) is 4.93 Å². The van der Waals surface area contributed by atoms with Crippen molar-refractivity contribution in [2.45, 2.75) is 23.8 Å². The fourth-order valence-corrected chi connectivity index (χ4v) is 2.60. The van der Waals surface area contributed by atoms with Crippen LogP contribution in [0.2, 0.25) is 0 Å². The summed E-state index contributed by atoms with van der Waals surface area (Å²) in [5.74, 6) is 0. The minimum absolute atomic E-state index is 0.779. The molecule has 2 heteroatoms. The van der Waals surface area contributed by atoms with Crippen molar-refractivity contribution in [3.05, 3.63) is 30.5 Å². The normalized spacial score (nSPS) is 16.4. The molecular formula is C12H13NS. The average Bonchev–Trinajstić information content (AvgIpc) is 3.00. The molecule has 0 aliphatic heterocycles. The maximum Gasteiger partial charge on any atom is 0.0494 e. The molecule has 0 atom stereocenters. The molecule has 0 spiro atoms. The van der Waals surface area contributed by atoms with E-state index in [-0.39, 0.29) is 0 Å². The van der Waals surface area contributed by atoms with E-state index in [9.17, 15) is 0 Å². The third kappa shape index (κ3) is 1.17. The molecule has 72 valence electrons. The Balaban J connectivity index is 2.28. The van der Waals surface area contributed by atoms with Crippen LogP contribution in [0.1, 0.15) is 18.9 Å². The van der Waals surface area contributed by atoms with Gasteiger partial charge in [-0.15, -0.1) is 11.8 Å². The molecule has 1 aromatic heterocycles. The van der Waals surface area contributed by atoms with Crippen molar-refractivity contribution in [3.8, 4) is 0 Å². The Hall–Kier alpha value is -0.890. The number of benzene rings is 1. The summed E-state index contributed by atoms with van der Waals surface area (Å²) >= 11 is 1.84. The monoisotopic (exact) mass is 203 g/mol. The van der Waals surface area contributed by atoms with E-state index in [0.717, 1.165) is 6.04 Å². The molecule has 1 aliphatic rings. The summed E-state index contributed by atoms with van der Waals surface area (Å²) in [6.07, 6.45) is 7.17. The SMILES string of the molecule is CSc1cn(C2CC2)c2ccccc12. The van der Waals surface area contributed by atoms with Gasteiger partial charge >= 0.3 is 0 Å². The third-order valence-corrected chi connectivity index (χ3v) is 3.63. The zero-order chi connectivity index (χ0) is 9.54. The Kier molecular flexibility index (Phi) is 1.84. The summed E-state index contributed by atoms with van der Waals surface area (Å²) in [6.45, 7) is 0. The predicted molar refractivity (Wildman–Crippen MR) is 62.0 cm³/mol. The second-order valence-corrected chi connectivity index (χ2v) is 4.70. The maximum absolute atomic E-state index is 2.45. The first-order valence-corrected chi connectivity index (χ1v) is 6.26. The molecule has 1 heterocycles. The number of fused-ring (bicyclic) bond motifs is 1. The molecule has 0 unspecified atom stereocenters. The zero-order valence-electron chi connectivity index (χ0n) is 8.23. The van der Waals surface area contributed by atoms with E-state index in [4.69, 9.17) is 0 Å². The third-order valence-electron chi connectivity index (χ3n) is 2.86. The van der Waals surface area contributed by atoms with Gasteiger partial charge < -0.3 is 4.57 Å². The summed E-state index contributed by atoms with van der Waals surface area (Å²) in [5, 5.41) is 1.41. The molecule has 14 heavy (non-hydrogen) atoms. The first kappa shape index (κ1) is 8.42. The number of nitrogens with zero attached hydrogens (tertiary/aromatic N) is 1. The van der Waals surface area contributed by atoms with Crippen molar-refractivity contribution in [3.63, 3.8) is 0 Å². The molecule has 0 radical (unpaired) electrons. The van der Waals surface area contributed by atoms with Crippen LogP contribution in [-0.2, 0) is 0 Å². The van der Waals surface area contributed by atoms with E-state index < -0.39 is 0 Å². The van der Waals surface area contributed by atoms with Gasteiger partial charge in [0.15, 0.2) is 0 Å². The van der Waals surface area contributed by atoms with Crippen molar-refractivity contribution in [2.24, 2.45) is 0 Å². The van der Waals surface area contributed by atoms with Crippen molar-refractivity contribution >= 4 is 22.7 Å². The highest BCUT2D eigenvalue weighted by Gasteiger charge is 2.25. The average molecular weight is 203 g/mol. The quantitative estimate of drug-likeness (QED) is 0.674. The van der Waals surface area contributed by atoms with Crippen molar-refractivity contribution in [1.82, 2.24) is 4.57 Å². The fraction of sp³-hybridized carbons (Fsp3) is 0.333. The number of rotatable bonds is 2. The van der Waals surface area contributed by atoms with Crippen LogP contribution in [0.4, 0.5) is 0 Å². The van der Waals surface area contributed by atoms with Gasteiger partial charge in [-0.05, 0) is 25.2 Å². The Labute approximate surface area is 88.1 Å². The van der Waals surface area contributed by atoms with E-state index in [2.05, 4.69) is 41.3 Å². The van der Waals surface area contributed by atoms with Crippen LogP contribution >= 0.6 is 11.8 Å². The molecule has 0 bridgehead atoms. The highest BCUT2D eigenvalue weighted by atomic mass is 32.2. The molecular weight excluding hydrogens is 190 g/mol. The number of aromatic nitrogens is 1. The van der Waals surface area contributed by atoms with Gasteiger partial charge in [0.25, 0.3) is 0 Å². The van der Waals surface area contributed by atoms with Gasteiger partial charge in [-0.2, -0.15) is 0 Å². The molecule has 2 aromatic rings. The van der Waals surface area contributed by atoms with Crippen LogP contribution < -0.4 is 0 Å². The highest BCUT2D eigenvalue weighted by Crippen LogP contribution is 2.40. The molecule has 1 fully saturated rings. The summed E-state index contributed by atoms with van der Waals surface area (Å²) in [4.78, 5) is 1.41. The molecule has 1 nitrogen and oxygen atoms in total. The molecule has 0 saturated heterocycles. The smallest absolute Gasteiger partial charge is 0.0494 e. The summed E-state index contributed by atoms with van der Waals surface area (Å²) in [5.41, 5.74) is 1.40. The molecule has 0 N–H and O–H groups in total. The van der Waals surface area contributed by atoms with E-state index in [0.29, 0.717) is 0 Å². The molecule has 1 aromatic carbocycles. The van der Waals surface area contributed by atoms with Crippen LogP contribution in [-0.4, -0.2) is 10.8 Å². The standard InChI is InChI=1S/C12H13NS/c1-14-12-8-13(9-6-7-9)11-5-3-2-4-10(11)12/h2-5,8-9H,6-7H2,1H3. The van der Waals surface area contributed by atoms with Gasteiger partial charge in [0.05, 0.1) is 0 Å². The number of para-hydroxylation sites is 1. The molecule has 1 saturated carbocycles. The van der Waals surface area contributed by atoms with E-state index >= 15 is 0 Å². The van der Waals surface area contributed by atoms with Crippen LogP contribution in [0.25, 0.3) is 10.9 Å². The zero-order valence-corrected chi connectivity index (χ0v) is 9.05. The first-order chi connectivity index (χ1) is 6.90. The van der Waals surface area contributed by atoms with E-state index in [1.54, 1.807) is 0 Å². The lowest BCUT2D eigenvalue weighted by Crippen LogP contribution is -1.89. The molecule has 3 rings (SSSR count). The van der Waals surface area contributed by atoms with Gasteiger partial charge in [-0.1, -0.05) is 18.2 Å². The summed E-state index contributed by atoms with van der Waals surface area (Å²) in [6, 6.07) is 9.48. The van der Waals surface area contributed by atoms with Gasteiger partial charge in [0.2, 0.25) is 0 Å². The number of hydrogen-bond donors (Lipinski definition) is 0. The maximum atomic E-state index is 2.45. The second kappa shape index (κ2) is 3.06. The Morgan fingerprint density at radius 3 is 2.79 bits per heavy atom. The predicted octanol–water partition coefficient (Wildman–Crippen LogP) is 3.70. The van der Waals surface area contributed by atoms with Crippen LogP contribution in [0.3, 0.4) is 0 Å². The largest absolute Gasteiger partial charge is 0.343 e. The summed E-state index contributed by atoms with van der Waals surface area (Å²) < 4.78 is 2.45. The Morgan fingerprint density at radius 1 is 1.29 bits per heavy atom. The van der Waals surface area contributed by atoms with Gasteiger partial charge in [0.1, 0.15) is 0 Å². The lowest BCUT2D eigenvalue weighted by Gasteiger charge is -2.00. The van der Waals surface area contributed by atoms with Gasteiger partial charge in [-0.25, -0.2) is 0 Å². The van der Waals surface area contributed by atoms with Crippen molar-refractivity contribution < 1.29 is 0 Å². The molecule has 1 aliphatic carbocycles. The highest BCUT2D eigenvalue weighted by molar-refractivity contribution is 7.98. The lowest BCUT2D eigenvalue weighted by molar-refractivity contribution is 0.770. The second-order valence-electron chi connectivity index (χ2n) is 3.85. The van der Waals surface area contributed by atoms with Gasteiger partial charge in [-0.3, -0.25) is 0 Å². The van der Waals surface area contributed by atoms with Crippen LogP contribution in [0.5, 0.6) is 0 Å². The van der Waals surface area contributed by atoms with Crippen LogP contribution in [0, 0.1) is 0 Å². The van der Waals surface area contributed by atoms with Crippen molar-refractivity contribution in [2.75, 3.05) is 6.26 Å². The summed E-state index contributed by atoms with van der Waals surface area (Å²) in [7, 11) is 0. The number of thioether (sulfide) groups is 1. The lowest BCUT2D eigenvalue weighted by atomic mass is 10.2. The van der Waals surface area contributed by atoms with Crippen molar-refractivity contribution in [1.29, 1.82) is 0 Å². The number of hydrogen-bond acceptors (Lipinski definition) is 1. The van der Waals surface area contributed by atoms with E-state index in [1.165, 1.54) is 28.6 Å². The Morgan fingerprint density at radius 2 is 2.07 bits per heavy atom. The van der Waals surface area contributed by atoms with Gasteiger partial charge in [0, 0.05) is 28.0 Å². The minimum atomic E-state index is 0.779. The minimum Gasteiger partial charge on any atom is -0.343 e. The fourth-order valence-electron chi connectivity index (χ4n) is 1.99. The van der Waals surface area contributed by atoms with E-state index in [1.807, 2.05) is 11.8 Å². The van der Waals surface area contributed by atoms with Crippen LogP contribution in [0.15, 0.2) is 35.4 Å². The Bertz CT molecular complexity index is 468. The molecule has 0 amide bonds.